The van der Waals surface area contributed by atoms with Crippen molar-refractivity contribution in [2.45, 2.75) is 18.3 Å². The van der Waals surface area contributed by atoms with Gasteiger partial charge in [0.1, 0.15) is 5.75 Å². The minimum atomic E-state index is -3.53. The van der Waals surface area contributed by atoms with Crippen LogP contribution in [0.4, 0.5) is 0 Å². The normalized spacial score (nSPS) is 17.1. The maximum Gasteiger partial charge on any atom is 0.233 e. The van der Waals surface area contributed by atoms with Crippen molar-refractivity contribution in [2.24, 2.45) is 0 Å². The fraction of sp³-hybridized carbons (Fsp3) is 0.333. The molecule has 0 radical (unpaired) electrons. The van der Waals surface area contributed by atoms with E-state index in [2.05, 4.69) is 4.72 Å². The second kappa shape index (κ2) is 8.69. The van der Waals surface area contributed by atoms with Gasteiger partial charge in [-0.2, -0.15) is 0 Å². The second-order valence-corrected chi connectivity index (χ2v) is 8.35. The quantitative estimate of drug-likeness (QED) is 0.791. The highest BCUT2D eigenvalue weighted by molar-refractivity contribution is 7.92. The zero-order valence-corrected chi connectivity index (χ0v) is 16.2. The number of hydrogen-bond donors (Lipinski definition) is 1. The molecule has 2 aromatic rings. The smallest absolute Gasteiger partial charge is 0.233 e. The fourth-order valence-electron chi connectivity index (χ4n) is 3.29. The van der Waals surface area contributed by atoms with Crippen LogP contribution in [0.3, 0.4) is 0 Å². The minimum absolute atomic E-state index is 0.280. The largest absolute Gasteiger partial charge is 0.497 e. The van der Waals surface area contributed by atoms with Gasteiger partial charge in [-0.3, -0.25) is 0 Å². The topological polar surface area (TPSA) is 64.6 Å². The summed E-state index contributed by atoms with van der Waals surface area (Å²) in [4.78, 5) is 0. The van der Waals surface area contributed by atoms with E-state index < -0.39 is 10.0 Å². The summed E-state index contributed by atoms with van der Waals surface area (Å²) in [5.74, 6) is 0.785. The van der Waals surface area contributed by atoms with Crippen molar-refractivity contribution in [2.75, 3.05) is 26.9 Å². The van der Waals surface area contributed by atoms with Gasteiger partial charge in [-0.15, -0.1) is 0 Å². The molecule has 27 heavy (non-hydrogen) atoms. The molecule has 1 N–H and O–H groups in total. The van der Waals surface area contributed by atoms with Crippen LogP contribution in [0, 0.1) is 0 Å². The molecular weight excluding hydrogens is 362 g/mol. The summed E-state index contributed by atoms with van der Waals surface area (Å²) in [7, 11) is -1.90. The molecule has 3 rings (SSSR count). The van der Waals surface area contributed by atoms with Crippen LogP contribution in [-0.2, 0) is 20.2 Å². The van der Waals surface area contributed by atoms with E-state index in [9.17, 15) is 8.42 Å². The minimum Gasteiger partial charge on any atom is -0.497 e. The van der Waals surface area contributed by atoms with E-state index in [1.54, 1.807) is 13.2 Å². The van der Waals surface area contributed by atoms with Gasteiger partial charge in [-0.25, -0.2) is 13.1 Å². The van der Waals surface area contributed by atoms with Crippen LogP contribution in [-0.4, -0.2) is 35.3 Å². The summed E-state index contributed by atoms with van der Waals surface area (Å²) in [6.45, 7) is 1.57. The average Bonchev–Trinajstić information content (AvgIpc) is 2.72. The van der Waals surface area contributed by atoms with Crippen molar-refractivity contribution in [3.05, 3.63) is 71.1 Å². The van der Waals surface area contributed by atoms with Gasteiger partial charge in [0.25, 0.3) is 0 Å². The molecular formula is C21H25NO4S. The lowest BCUT2D eigenvalue weighted by atomic mass is 9.74. The van der Waals surface area contributed by atoms with Gasteiger partial charge >= 0.3 is 0 Å². The number of hydrogen-bond acceptors (Lipinski definition) is 4. The standard InChI is InChI=1S/C21H25NO4S/c1-25-20-9-7-19(8-10-20)21(12-14-26-15-13-21)17-22-27(23,24)16-11-18-5-3-2-4-6-18/h2-11,16,22H,12-15,17H2,1H3/b16-11+. The Balaban J connectivity index is 1.75. The monoisotopic (exact) mass is 387 g/mol. The molecule has 0 saturated carbocycles. The number of rotatable bonds is 7. The van der Waals surface area contributed by atoms with Crippen LogP contribution < -0.4 is 9.46 Å². The molecule has 144 valence electrons. The van der Waals surface area contributed by atoms with Crippen molar-refractivity contribution >= 4 is 16.1 Å². The predicted octanol–water partition coefficient (Wildman–Crippen LogP) is 3.33. The van der Waals surface area contributed by atoms with E-state index >= 15 is 0 Å². The van der Waals surface area contributed by atoms with Crippen LogP contribution in [0.1, 0.15) is 24.0 Å². The highest BCUT2D eigenvalue weighted by Gasteiger charge is 2.35. The number of sulfonamides is 1. The summed E-state index contributed by atoms with van der Waals surface area (Å²) in [6.07, 6.45) is 3.14. The molecule has 1 heterocycles. The first-order chi connectivity index (χ1) is 13.0. The zero-order chi connectivity index (χ0) is 19.2. The third-order valence-corrected chi connectivity index (χ3v) is 6.04. The van der Waals surface area contributed by atoms with Crippen molar-refractivity contribution in [3.8, 4) is 5.75 Å². The lowest BCUT2D eigenvalue weighted by Crippen LogP contribution is -2.44. The van der Waals surface area contributed by atoms with E-state index in [1.165, 1.54) is 5.41 Å². The Labute approximate surface area is 161 Å². The van der Waals surface area contributed by atoms with Gasteiger partial charge < -0.3 is 9.47 Å². The summed E-state index contributed by atoms with van der Waals surface area (Å²) in [6, 6.07) is 17.2. The maximum absolute atomic E-state index is 12.5. The van der Waals surface area contributed by atoms with Crippen molar-refractivity contribution in [1.82, 2.24) is 4.72 Å². The van der Waals surface area contributed by atoms with Gasteiger partial charge in [0.2, 0.25) is 10.0 Å². The Hall–Kier alpha value is -2.15. The third kappa shape index (κ3) is 5.19. The van der Waals surface area contributed by atoms with Crippen LogP contribution in [0.15, 0.2) is 60.0 Å². The first-order valence-corrected chi connectivity index (χ1v) is 10.5. The van der Waals surface area contributed by atoms with Gasteiger partial charge in [0.15, 0.2) is 0 Å². The molecule has 0 amide bonds. The van der Waals surface area contributed by atoms with Crippen molar-refractivity contribution < 1.29 is 17.9 Å². The number of ether oxygens (including phenoxy) is 2. The average molecular weight is 388 g/mol. The van der Waals surface area contributed by atoms with Gasteiger partial charge in [-0.1, -0.05) is 42.5 Å². The molecule has 0 unspecified atom stereocenters. The van der Waals surface area contributed by atoms with Gasteiger partial charge in [0.05, 0.1) is 7.11 Å². The van der Waals surface area contributed by atoms with Crippen LogP contribution >= 0.6 is 0 Å². The van der Waals surface area contributed by atoms with E-state index in [0.717, 1.165) is 29.7 Å². The van der Waals surface area contributed by atoms with E-state index in [1.807, 2.05) is 54.6 Å². The van der Waals surface area contributed by atoms with Crippen LogP contribution in [0.25, 0.3) is 6.08 Å². The Morgan fingerprint density at radius 3 is 2.37 bits per heavy atom. The highest BCUT2D eigenvalue weighted by atomic mass is 32.2. The Bertz CT molecular complexity index is 855. The first kappa shape index (κ1) is 19.6. The van der Waals surface area contributed by atoms with E-state index in [-0.39, 0.29) is 5.41 Å². The SMILES string of the molecule is COc1ccc(C2(CNS(=O)(=O)/C=C/c3ccccc3)CCOCC2)cc1. The van der Waals surface area contributed by atoms with Gasteiger partial charge in [0, 0.05) is 30.6 Å². The summed E-state index contributed by atoms with van der Waals surface area (Å²) < 4.78 is 38.5. The molecule has 1 aliphatic heterocycles. The summed E-state index contributed by atoms with van der Waals surface area (Å²) >= 11 is 0. The molecule has 1 fully saturated rings. The van der Waals surface area contributed by atoms with Gasteiger partial charge in [-0.05, 0) is 42.2 Å². The molecule has 5 nitrogen and oxygen atoms in total. The summed E-state index contributed by atoms with van der Waals surface area (Å²) in [5, 5.41) is 1.23. The molecule has 0 aromatic heterocycles. The number of benzene rings is 2. The fourth-order valence-corrected chi connectivity index (χ4v) is 4.20. The Morgan fingerprint density at radius 2 is 1.74 bits per heavy atom. The molecule has 2 aromatic carbocycles. The lowest BCUT2D eigenvalue weighted by molar-refractivity contribution is 0.0517. The van der Waals surface area contributed by atoms with Crippen molar-refractivity contribution in [1.29, 1.82) is 0 Å². The Kier molecular flexibility index (Phi) is 6.31. The molecule has 1 aliphatic rings. The van der Waals surface area contributed by atoms with Crippen molar-refractivity contribution in [3.63, 3.8) is 0 Å². The maximum atomic E-state index is 12.5. The molecule has 1 saturated heterocycles. The molecule has 0 bridgehead atoms. The molecule has 0 spiro atoms. The van der Waals surface area contributed by atoms with Crippen LogP contribution in [0.5, 0.6) is 5.75 Å². The lowest BCUT2D eigenvalue weighted by Gasteiger charge is -2.37. The zero-order valence-electron chi connectivity index (χ0n) is 15.4. The molecule has 0 aliphatic carbocycles. The first-order valence-electron chi connectivity index (χ1n) is 8.98. The Morgan fingerprint density at radius 1 is 1.07 bits per heavy atom. The van der Waals surface area contributed by atoms with Crippen LogP contribution in [0.2, 0.25) is 0 Å². The predicted molar refractivity (Wildman–Crippen MR) is 107 cm³/mol. The van der Waals surface area contributed by atoms with E-state index in [4.69, 9.17) is 9.47 Å². The number of nitrogens with one attached hydrogen (secondary N) is 1. The second-order valence-electron chi connectivity index (χ2n) is 6.70. The summed E-state index contributed by atoms with van der Waals surface area (Å²) in [5.41, 5.74) is 1.66. The third-order valence-electron chi connectivity index (χ3n) is 5.00. The molecule has 0 atom stereocenters. The highest BCUT2D eigenvalue weighted by Crippen LogP contribution is 2.35. The number of methoxy groups -OCH3 is 1. The van der Waals surface area contributed by atoms with E-state index in [0.29, 0.717) is 19.8 Å². The molecule has 6 heteroatoms.